The number of piperidine rings is 1. The number of likely N-dealkylation sites (tertiary alicyclic amines) is 1. The van der Waals surface area contributed by atoms with Crippen molar-refractivity contribution in [2.45, 2.75) is 19.8 Å². The van der Waals surface area contributed by atoms with E-state index in [1.807, 2.05) is 6.92 Å². The number of amides is 1. The lowest BCUT2D eigenvalue weighted by molar-refractivity contribution is -0.138. The highest BCUT2D eigenvalue weighted by molar-refractivity contribution is 5.98. The number of nitrogens with zero attached hydrogens (tertiary/aromatic N) is 1. The van der Waals surface area contributed by atoms with Gasteiger partial charge in [-0.05, 0) is 31.8 Å². The van der Waals surface area contributed by atoms with E-state index in [-0.39, 0.29) is 11.8 Å². The lowest BCUT2D eigenvalue weighted by atomic mass is 9.85. The molecule has 0 bridgehead atoms. The van der Waals surface area contributed by atoms with Gasteiger partial charge in [0.15, 0.2) is 5.78 Å². The van der Waals surface area contributed by atoms with Crippen LogP contribution in [0.4, 0.5) is 13.2 Å². The lowest BCUT2D eigenvalue weighted by Crippen LogP contribution is -2.51. The number of hydrogen-bond acceptors (Lipinski definition) is 3. The van der Waals surface area contributed by atoms with Gasteiger partial charge in [-0.2, -0.15) is 0 Å². The van der Waals surface area contributed by atoms with Crippen LogP contribution in [0.3, 0.4) is 0 Å². The van der Waals surface area contributed by atoms with Crippen LogP contribution in [0.5, 0.6) is 0 Å². The van der Waals surface area contributed by atoms with Crippen molar-refractivity contribution in [2.75, 3.05) is 26.2 Å². The van der Waals surface area contributed by atoms with Gasteiger partial charge in [0.25, 0.3) is 0 Å². The maximum Gasteiger partial charge on any atom is 0.225 e. The standard InChI is InChI=1S/C18H21F3N2O2/c1-10(12-8-22-9-12)18(25)23-4-2-11(3-5-23)17(24)16-14(20)6-13(19)7-15(16)21/h6-7,10-12,22H,2-5,8-9H2,1H3. The number of nitrogens with one attached hydrogen (secondary N) is 1. The zero-order valence-corrected chi connectivity index (χ0v) is 14.0. The number of benzene rings is 1. The predicted octanol–water partition coefficient (Wildman–Crippen LogP) is 2.38. The summed E-state index contributed by atoms with van der Waals surface area (Å²) >= 11 is 0. The Bertz CT molecular complexity index is 660. The number of carbonyl (C=O) groups is 2. The molecule has 2 heterocycles. The Labute approximate surface area is 144 Å². The van der Waals surface area contributed by atoms with Gasteiger partial charge in [0.2, 0.25) is 5.91 Å². The van der Waals surface area contributed by atoms with E-state index in [1.54, 1.807) is 4.90 Å². The summed E-state index contributed by atoms with van der Waals surface area (Å²) in [5.74, 6) is -4.27. The molecule has 2 aliphatic heterocycles. The Morgan fingerprint density at radius 2 is 1.68 bits per heavy atom. The molecule has 4 nitrogen and oxygen atoms in total. The highest BCUT2D eigenvalue weighted by Crippen LogP contribution is 2.27. The predicted molar refractivity (Wildman–Crippen MR) is 85.5 cm³/mol. The van der Waals surface area contributed by atoms with Crippen LogP contribution in [-0.4, -0.2) is 42.8 Å². The Balaban J connectivity index is 1.62. The van der Waals surface area contributed by atoms with E-state index < -0.39 is 34.7 Å². The van der Waals surface area contributed by atoms with Gasteiger partial charge >= 0.3 is 0 Å². The molecule has 0 aromatic heterocycles. The number of carbonyl (C=O) groups excluding carboxylic acids is 2. The highest BCUT2D eigenvalue weighted by atomic mass is 19.1. The summed E-state index contributed by atoms with van der Waals surface area (Å²) in [6.45, 7) is 4.37. The van der Waals surface area contributed by atoms with Crippen molar-refractivity contribution in [2.24, 2.45) is 17.8 Å². The monoisotopic (exact) mass is 354 g/mol. The number of halogens is 3. The highest BCUT2D eigenvalue weighted by Gasteiger charge is 2.35. The van der Waals surface area contributed by atoms with Crippen molar-refractivity contribution in [3.63, 3.8) is 0 Å². The van der Waals surface area contributed by atoms with Crippen LogP contribution in [0, 0.1) is 35.2 Å². The van der Waals surface area contributed by atoms with Crippen LogP contribution in [0.15, 0.2) is 12.1 Å². The fraction of sp³-hybridized carbons (Fsp3) is 0.556. The van der Waals surface area contributed by atoms with Gasteiger partial charge in [-0.25, -0.2) is 13.2 Å². The Kier molecular flexibility index (Phi) is 5.13. The SMILES string of the molecule is CC(C(=O)N1CCC(C(=O)c2c(F)cc(F)cc2F)CC1)C1CNC1. The molecule has 1 aromatic rings. The van der Waals surface area contributed by atoms with Gasteiger partial charge in [-0.15, -0.1) is 0 Å². The van der Waals surface area contributed by atoms with E-state index in [2.05, 4.69) is 5.32 Å². The van der Waals surface area contributed by atoms with E-state index in [1.165, 1.54) is 0 Å². The van der Waals surface area contributed by atoms with Crippen LogP contribution in [0.2, 0.25) is 0 Å². The van der Waals surface area contributed by atoms with E-state index in [0.29, 0.717) is 44.0 Å². The molecule has 7 heteroatoms. The minimum absolute atomic E-state index is 0.0662. The lowest BCUT2D eigenvalue weighted by Gasteiger charge is -2.37. The number of Topliss-reactive ketones (excluding diaryl/α,β-unsaturated/α-hetero) is 1. The third kappa shape index (κ3) is 3.56. The third-order valence-electron chi connectivity index (χ3n) is 5.34. The summed E-state index contributed by atoms with van der Waals surface area (Å²) in [6, 6.07) is 1.03. The van der Waals surface area contributed by atoms with E-state index in [0.717, 1.165) is 13.1 Å². The number of hydrogen-bond donors (Lipinski definition) is 1. The van der Waals surface area contributed by atoms with Crippen molar-refractivity contribution in [3.05, 3.63) is 35.1 Å². The van der Waals surface area contributed by atoms with E-state index in [9.17, 15) is 22.8 Å². The molecule has 136 valence electrons. The molecule has 0 aliphatic carbocycles. The van der Waals surface area contributed by atoms with Crippen molar-refractivity contribution in [1.29, 1.82) is 0 Å². The molecule has 1 unspecified atom stereocenters. The second-order valence-electron chi connectivity index (χ2n) is 6.92. The van der Waals surface area contributed by atoms with Gasteiger partial charge in [0.1, 0.15) is 17.5 Å². The van der Waals surface area contributed by atoms with Crippen molar-refractivity contribution in [1.82, 2.24) is 10.2 Å². The summed E-state index contributed by atoms with van der Waals surface area (Å²) in [7, 11) is 0. The maximum atomic E-state index is 13.8. The largest absolute Gasteiger partial charge is 0.342 e. The minimum atomic E-state index is -1.17. The van der Waals surface area contributed by atoms with Crippen molar-refractivity contribution < 1.29 is 22.8 Å². The first-order valence-electron chi connectivity index (χ1n) is 8.56. The molecule has 1 N–H and O–H groups in total. The maximum absolute atomic E-state index is 13.8. The molecule has 0 saturated carbocycles. The molecule has 0 spiro atoms. The topological polar surface area (TPSA) is 49.4 Å². The summed E-state index contributed by atoms with van der Waals surface area (Å²) in [6.07, 6.45) is 0.715. The smallest absolute Gasteiger partial charge is 0.225 e. The summed E-state index contributed by atoms with van der Waals surface area (Å²) < 4.78 is 40.6. The molecule has 2 saturated heterocycles. The van der Waals surface area contributed by atoms with Gasteiger partial charge in [0, 0.05) is 37.1 Å². The normalized spacial score (nSPS) is 20.2. The fourth-order valence-electron chi connectivity index (χ4n) is 3.50. The molecular weight excluding hydrogens is 333 g/mol. The van der Waals surface area contributed by atoms with Gasteiger partial charge < -0.3 is 10.2 Å². The molecule has 25 heavy (non-hydrogen) atoms. The fourth-order valence-corrected chi connectivity index (χ4v) is 3.50. The van der Waals surface area contributed by atoms with Gasteiger partial charge in [-0.1, -0.05) is 6.92 Å². The molecule has 1 atom stereocenters. The summed E-state index contributed by atoms with van der Waals surface area (Å²) in [5.41, 5.74) is -0.680. The molecular formula is C18H21F3N2O2. The van der Waals surface area contributed by atoms with Crippen molar-refractivity contribution in [3.8, 4) is 0 Å². The van der Waals surface area contributed by atoms with Gasteiger partial charge in [0.05, 0.1) is 5.56 Å². The number of ketones is 1. The molecule has 2 aliphatic rings. The summed E-state index contributed by atoms with van der Waals surface area (Å²) in [4.78, 5) is 26.6. The Morgan fingerprint density at radius 3 is 2.16 bits per heavy atom. The quantitative estimate of drug-likeness (QED) is 0.845. The molecule has 1 amide bonds. The first-order chi connectivity index (χ1) is 11.9. The zero-order chi connectivity index (χ0) is 18.1. The van der Waals surface area contributed by atoms with Crippen LogP contribution in [0.1, 0.15) is 30.1 Å². The third-order valence-corrected chi connectivity index (χ3v) is 5.34. The van der Waals surface area contributed by atoms with Gasteiger partial charge in [-0.3, -0.25) is 9.59 Å². The summed E-state index contributed by atoms with van der Waals surface area (Å²) in [5, 5.41) is 3.14. The number of rotatable bonds is 4. The molecule has 0 radical (unpaired) electrons. The van der Waals surface area contributed by atoms with Crippen molar-refractivity contribution >= 4 is 11.7 Å². The second kappa shape index (κ2) is 7.15. The zero-order valence-electron chi connectivity index (χ0n) is 14.0. The Morgan fingerprint density at radius 1 is 1.12 bits per heavy atom. The Hall–Kier alpha value is -1.89. The van der Waals surface area contributed by atoms with E-state index in [4.69, 9.17) is 0 Å². The molecule has 1 aromatic carbocycles. The van der Waals surface area contributed by atoms with Crippen LogP contribution in [-0.2, 0) is 4.79 Å². The molecule has 3 rings (SSSR count). The average Bonchev–Trinajstić information content (AvgIpc) is 2.51. The van der Waals surface area contributed by atoms with Crippen LogP contribution < -0.4 is 5.32 Å². The van der Waals surface area contributed by atoms with E-state index >= 15 is 0 Å². The first-order valence-corrected chi connectivity index (χ1v) is 8.56. The first kappa shape index (κ1) is 17.9. The van der Waals surface area contributed by atoms with Crippen LogP contribution in [0.25, 0.3) is 0 Å². The molecule has 2 fully saturated rings. The average molecular weight is 354 g/mol. The second-order valence-corrected chi connectivity index (χ2v) is 6.92. The van der Waals surface area contributed by atoms with Crippen LogP contribution >= 0.6 is 0 Å². The minimum Gasteiger partial charge on any atom is -0.342 e.